The van der Waals surface area contributed by atoms with Crippen LogP contribution in [0.15, 0.2) is 12.3 Å². The minimum atomic E-state index is 0.189. The third-order valence-electron chi connectivity index (χ3n) is 2.91. The van der Waals surface area contributed by atoms with Crippen LogP contribution in [0.5, 0.6) is 0 Å². The fraction of sp³-hybridized carbons (Fsp3) is 0.750. The molecule has 3 aliphatic carbocycles. The average molecular weight is 124 g/mol. The topological polar surface area (TPSA) is 20.2 Å². The Hall–Kier alpha value is -0.460. The number of allylic oxidation sites excluding steroid dienone is 1. The van der Waals surface area contributed by atoms with Crippen molar-refractivity contribution >= 4 is 0 Å². The monoisotopic (exact) mass is 124 g/mol. The van der Waals surface area contributed by atoms with Crippen LogP contribution in [0.4, 0.5) is 0 Å². The molecule has 1 N–H and O–H groups in total. The van der Waals surface area contributed by atoms with Crippen molar-refractivity contribution in [2.24, 2.45) is 10.8 Å². The summed E-state index contributed by atoms with van der Waals surface area (Å²) in [4.78, 5) is 0. The Balaban J connectivity index is 2.13. The SMILES string of the molecule is C=C(O)C12CC(C)(C1)C2. The van der Waals surface area contributed by atoms with Crippen LogP contribution in [-0.2, 0) is 0 Å². The normalized spacial score (nSPS) is 53.4. The van der Waals surface area contributed by atoms with Gasteiger partial charge >= 0.3 is 0 Å². The Kier molecular flexibility index (Phi) is 0.621. The van der Waals surface area contributed by atoms with Crippen LogP contribution in [0.2, 0.25) is 0 Å². The van der Waals surface area contributed by atoms with Crippen LogP contribution in [0.3, 0.4) is 0 Å². The maximum Gasteiger partial charge on any atom is 0.0913 e. The van der Waals surface area contributed by atoms with Crippen molar-refractivity contribution in [2.45, 2.75) is 26.2 Å². The van der Waals surface area contributed by atoms with Crippen molar-refractivity contribution in [3.8, 4) is 0 Å². The predicted octanol–water partition coefficient (Wildman–Crippen LogP) is 2.25. The first-order chi connectivity index (χ1) is 4.06. The third-order valence-corrected chi connectivity index (χ3v) is 2.91. The van der Waals surface area contributed by atoms with Gasteiger partial charge in [-0.3, -0.25) is 0 Å². The van der Waals surface area contributed by atoms with Crippen LogP contribution in [-0.4, -0.2) is 5.11 Å². The lowest BCUT2D eigenvalue weighted by molar-refractivity contribution is -0.181. The Labute approximate surface area is 55.4 Å². The lowest BCUT2D eigenvalue weighted by atomic mass is 9.35. The highest BCUT2D eigenvalue weighted by molar-refractivity contribution is 5.25. The highest BCUT2D eigenvalue weighted by Gasteiger charge is 2.66. The highest BCUT2D eigenvalue weighted by atomic mass is 16.3. The molecule has 3 aliphatic rings. The van der Waals surface area contributed by atoms with Crippen molar-refractivity contribution in [2.75, 3.05) is 0 Å². The lowest BCUT2D eigenvalue weighted by Crippen LogP contribution is -2.60. The molecule has 0 unspecified atom stereocenters. The Morgan fingerprint density at radius 3 is 2.00 bits per heavy atom. The van der Waals surface area contributed by atoms with E-state index >= 15 is 0 Å². The Morgan fingerprint density at radius 2 is 1.89 bits per heavy atom. The van der Waals surface area contributed by atoms with E-state index in [0.29, 0.717) is 11.2 Å². The van der Waals surface area contributed by atoms with Gasteiger partial charge in [0.2, 0.25) is 0 Å². The molecule has 0 aromatic carbocycles. The number of aliphatic hydroxyl groups is 1. The number of rotatable bonds is 1. The van der Waals surface area contributed by atoms with Crippen molar-refractivity contribution < 1.29 is 5.11 Å². The van der Waals surface area contributed by atoms with Crippen LogP contribution < -0.4 is 0 Å². The Bertz CT molecular complexity index is 161. The van der Waals surface area contributed by atoms with Crippen molar-refractivity contribution in [1.29, 1.82) is 0 Å². The molecule has 3 fully saturated rings. The molecule has 50 valence electrons. The van der Waals surface area contributed by atoms with E-state index in [4.69, 9.17) is 5.11 Å². The molecule has 1 heteroatoms. The fourth-order valence-electron chi connectivity index (χ4n) is 2.60. The highest BCUT2D eigenvalue weighted by Crippen LogP contribution is 2.75. The van der Waals surface area contributed by atoms with Gasteiger partial charge in [0.25, 0.3) is 0 Å². The maximum atomic E-state index is 9.09. The second-order valence-corrected chi connectivity index (χ2v) is 4.07. The quantitative estimate of drug-likeness (QED) is 0.531. The summed E-state index contributed by atoms with van der Waals surface area (Å²) in [5.41, 5.74) is 0.778. The van der Waals surface area contributed by atoms with Crippen molar-refractivity contribution in [3.05, 3.63) is 12.3 Å². The van der Waals surface area contributed by atoms with E-state index in [2.05, 4.69) is 13.5 Å². The summed E-state index contributed by atoms with van der Waals surface area (Å²) in [7, 11) is 0. The summed E-state index contributed by atoms with van der Waals surface area (Å²) in [6.45, 7) is 5.85. The van der Waals surface area contributed by atoms with Gasteiger partial charge in [-0.25, -0.2) is 0 Å². The second kappa shape index (κ2) is 1.05. The standard InChI is InChI=1S/C8H12O/c1-6(9)8-3-7(2,4-8)5-8/h9H,1,3-5H2,2H3. The molecule has 3 rings (SSSR count). The molecule has 0 radical (unpaired) electrons. The minimum Gasteiger partial charge on any atom is -0.512 e. The van der Waals surface area contributed by atoms with E-state index in [9.17, 15) is 0 Å². The second-order valence-electron chi connectivity index (χ2n) is 4.07. The molecule has 0 saturated heterocycles. The van der Waals surface area contributed by atoms with E-state index in [1.165, 1.54) is 19.3 Å². The molecule has 0 spiro atoms. The third kappa shape index (κ3) is 0.418. The fourth-order valence-corrected chi connectivity index (χ4v) is 2.60. The van der Waals surface area contributed by atoms with Gasteiger partial charge < -0.3 is 5.11 Å². The maximum absolute atomic E-state index is 9.09. The zero-order valence-electron chi connectivity index (χ0n) is 5.78. The van der Waals surface area contributed by atoms with Crippen molar-refractivity contribution in [3.63, 3.8) is 0 Å². The summed E-state index contributed by atoms with van der Waals surface area (Å²) in [6.07, 6.45) is 3.53. The zero-order valence-corrected chi connectivity index (χ0v) is 5.78. The molecule has 0 amide bonds. The molecule has 3 saturated carbocycles. The van der Waals surface area contributed by atoms with E-state index < -0.39 is 0 Å². The lowest BCUT2D eigenvalue weighted by Gasteiger charge is -2.69. The summed E-state index contributed by atoms with van der Waals surface area (Å²) >= 11 is 0. The van der Waals surface area contributed by atoms with Gasteiger partial charge in [-0.2, -0.15) is 0 Å². The van der Waals surface area contributed by atoms with E-state index in [1.807, 2.05) is 0 Å². The molecule has 2 bridgehead atoms. The molecule has 0 aromatic rings. The van der Waals surface area contributed by atoms with Crippen LogP contribution in [0, 0.1) is 10.8 Å². The Morgan fingerprint density at radius 1 is 1.44 bits per heavy atom. The van der Waals surface area contributed by atoms with Gasteiger partial charge in [0.15, 0.2) is 0 Å². The van der Waals surface area contributed by atoms with Gasteiger partial charge in [-0.1, -0.05) is 13.5 Å². The zero-order chi connectivity index (χ0) is 6.70. The molecule has 0 heterocycles. The van der Waals surface area contributed by atoms with Gasteiger partial charge in [0, 0.05) is 5.41 Å². The number of aliphatic hydroxyl groups excluding tert-OH is 1. The summed E-state index contributed by atoms with van der Waals surface area (Å²) in [5, 5.41) is 9.09. The average Bonchev–Trinajstić information content (AvgIpc) is 1.54. The van der Waals surface area contributed by atoms with Gasteiger partial charge in [-0.05, 0) is 24.7 Å². The van der Waals surface area contributed by atoms with Crippen molar-refractivity contribution in [1.82, 2.24) is 0 Å². The summed E-state index contributed by atoms with van der Waals surface area (Å²) < 4.78 is 0. The summed E-state index contributed by atoms with van der Waals surface area (Å²) in [6, 6.07) is 0. The van der Waals surface area contributed by atoms with Crippen LogP contribution >= 0.6 is 0 Å². The molecule has 0 atom stereocenters. The van der Waals surface area contributed by atoms with Gasteiger partial charge in [0.1, 0.15) is 0 Å². The first kappa shape index (κ1) is 5.33. The molecule has 0 aliphatic heterocycles. The summed E-state index contributed by atoms with van der Waals surface area (Å²) in [5.74, 6) is 0.422. The minimum absolute atomic E-state index is 0.189. The van der Waals surface area contributed by atoms with Gasteiger partial charge in [0.05, 0.1) is 5.76 Å². The van der Waals surface area contributed by atoms with E-state index in [1.54, 1.807) is 0 Å². The van der Waals surface area contributed by atoms with Crippen LogP contribution in [0.1, 0.15) is 26.2 Å². The molecule has 1 nitrogen and oxygen atoms in total. The molecule has 0 aromatic heterocycles. The first-order valence-corrected chi connectivity index (χ1v) is 3.45. The van der Waals surface area contributed by atoms with E-state index in [-0.39, 0.29) is 5.41 Å². The molecular formula is C8H12O. The predicted molar refractivity (Wildman–Crippen MR) is 36.2 cm³/mol. The number of hydrogen-bond acceptors (Lipinski definition) is 1. The first-order valence-electron chi connectivity index (χ1n) is 3.45. The molecule has 9 heavy (non-hydrogen) atoms. The van der Waals surface area contributed by atoms with Gasteiger partial charge in [-0.15, -0.1) is 0 Å². The largest absolute Gasteiger partial charge is 0.512 e. The van der Waals surface area contributed by atoms with Crippen LogP contribution in [0.25, 0.3) is 0 Å². The number of hydrogen-bond donors (Lipinski definition) is 1. The smallest absolute Gasteiger partial charge is 0.0913 e. The van der Waals surface area contributed by atoms with E-state index in [0.717, 1.165) is 0 Å². The molecular weight excluding hydrogens is 112 g/mol.